The summed E-state index contributed by atoms with van der Waals surface area (Å²) in [5.41, 5.74) is 0.415. The van der Waals surface area contributed by atoms with Gasteiger partial charge in [0.2, 0.25) is 11.5 Å². The van der Waals surface area contributed by atoms with E-state index in [4.69, 9.17) is 9.47 Å². The number of phenols is 1. The maximum absolute atomic E-state index is 11.1. The van der Waals surface area contributed by atoms with E-state index in [1.54, 1.807) is 12.1 Å². The molecule has 0 spiro atoms. The minimum absolute atomic E-state index is 0.00391. The van der Waals surface area contributed by atoms with Crippen molar-refractivity contribution in [2.24, 2.45) is 0 Å². The first-order valence-electron chi connectivity index (χ1n) is 3.80. The van der Waals surface area contributed by atoms with Crippen LogP contribution in [0.25, 0.3) is 0 Å². The van der Waals surface area contributed by atoms with Crippen molar-refractivity contribution in [1.29, 1.82) is 0 Å². The molecule has 2 rings (SSSR count). The number of aromatic hydroxyl groups is 1. The molecule has 13 heavy (non-hydrogen) atoms. The smallest absolute Gasteiger partial charge is 0.204 e. The second-order valence-corrected chi connectivity index (χ2v) is 2.70. The topological polar surface area (TPSA) is 55.8 Å². The minimum atomic E-state index is -0.118. The highest BCUT2D eigenvalue weighted by atomic mass is 16.5. The second kappa shape index (κ2) is 2.65. The van der Waals surface area contributed by atoms with Gasteiger partial charge in [-0.2, -0.15) is 0 Å². The first kappa shape index (κ1) is 7.91. The second-order valence-electron chi connectivity index (χ2n) is 2.70. The predicted octanol–water partition coefficient (Wildman–Crippen LogP) is 0.976. The Labute approximate surface area is 74.7 Å². The molecule has 1 aromatic carbocycles. The lowest BCUT2D eigenvalue weighted by Gasteiger charge is -2.05. The van der Waals surface area contributed by atoms with Crippen molar-refractivity contribution in [2.45, 2.75) is 0 Å². The van der Waals surface area contributed by atoms with Crippen molar-refractivity contribution in [3.8, 4) is 17.2 Å². The largest absolute Gasteiger partial charge is 0.502 e. The van der Waals surface area contributed by atoms with E-state index in [0.717, 1.165) is 0 Å². The summed E-state index contributed by atoms with van der Waals surface area (Å²) >= 11 is 0. The Morgan fingerprint density at radius 3 is 3.00 bits per heavy atom. The van der Waals surface area contributed by atoms with E-state index in [0.29, 0.717) is 11.3 Å². The van der Waals surface area contributed by atoms with Gasteiger partial charge in [-0.25, -0.2) is 0 Å². The number of ether oxygens (including phenoxy) is 2. The Balaban J connectivity index is 2.60. The summed E-state index contributed by atoms with van der Waals surface area (Å²) in [6, 6.07) is 3.13. The average molecular weight is 180 g/mol. The summed E-state index contributed by atoms with van der Waals surface area (Å²) in [5.74, 6) is 0.316. The van der Waals surface area contributed by atoms with Crippen molar-refractivity contribution < 1.29 is 19.4 Å². The van der Waals surface area contributed by atoms with Crippen LogP contribution in [0.15, 0.2) is 12.1 Å². The quantitative estimate of drug-likeness (QED) is 0.699. The number of rotatable bonds is 1. The van der Waals surface area contributed by atoms with Crippen LogP contribution in [0.1, 0.15) is 10.4 Å². The summed E-state index contributed by atoms with van der Waals surface area (Å²) < 4.78 is 9.87. The van der Waals surface area contributed by atoms with Crippen molar-refractivity contribution in [1.82, 2.24) is 0 Å². The highest BCUT2D eigenvalue weighted by Gasteiger charge is 2.26. The molecule has 68 valence electrons. The number of hydrogen-bond acceptors (Lipinski definition) is 4. The number of ketones is 1. The molecule has 0 fully saturated rings. The normalized spacial score (nSPS) is 13.8. The molecular weight excluding hydrogens is 172 g/mol. The maximum Gasteiger partial charge on any atom is 0.204 e. The zero-order chi connectivity index (χ0) is 9.42. The molecule has 0 aromatic heterocycles. The number of hydrogen-bond donors (Lipinski definition) is 1. The van der Waals surface area contributed by atoms with Gasteiger partial charge >= 0.3 is 0 Å². The number of methoxy groups -OCH3 is 1. The van der Waals surface area contributed by atoms with E-state index in [-0.39, 0.29) is 23.9 Å². The molecule has 1 aliphatic heterocycles. The van der Waals surface area contributed by atoms with Crippen LogP contribution in [-0.4, -0.2) is 24.6 Å². The fourth-order valence-corrected chi connectivity index (χ4v) is 1.30. The van der Waals surface area contributed by atoms with E-state index >= 15 is 0 Å². The third-order valence-electron chi connectivity index (χ3n) is 1.96. The van der Waals surface area contributed by atoms with Gasteiger partial charge in [0.05, 0.1) is 12.7 Å². The zero-order valence-corrected chi connectivity index (χ0v) is 7.03. The molecule has 0 aliphatic carbocycles. The number of benzene rings is 1. The van der Waals surface area contributed by atoms with Gasteiger partial charge in [0.1, 0.15) is 0 Å². The molecule has 1 heterocycles. The van der Waals surface area contributed by atoms with E-state index in [2.05, 4.69) is 0 Å². The Morgan fingerprint density at radius 2 is 2.31 bits per heavy atom. The number of carbonyl (C=O) groups excluding carboxylic acids is 1. The lowest BCUT2D eigenvalue weighted by atomic mass is 10.1. The van der Waals surface area contributed by atoms with Crippen LogP contribution in [-0.2, 0) is 0 Å². The third kappa shape index (κ3) is 1.02. The van der Waals surface area contributed by atoms with E-state index in [1.165, 1.54) is 7.11 Å². The Morgan fingerprint density at radius 1 is 1.54 bits per heavy atom. The van der Waals surface area contributed by atoms with E-state index in [9.17, 15) is 9.90 Å². The third-order valence-corrected chi connectivity index (χ3v) is 1.96. The standard InChI is InChI=1S/C9H8O4/c1-12-7-3-2-5-6(10)4-13-9(5)8(7)11/h2-3,11H,4H2,1H3. The van der Waals surface area contributed by atoms with Crippen LogP contribution in [0, 0.1) is 0 Å². The monoisotopic (exact) mass is 180 g/mol. The molecule has 0 bridgehead atoms. The molecule has 1 N–H and O–H groups in total. The summed E-state index contributed by atoms with van der Waals surface area (Å²) in [4.78, 5) is 11.1. The number of carbonyl (C=O) groups is 1. The van der Waals surface area contributed by atoms with Crippen molar-refractivity contribution >= 4 is 5.78 Å². The van der Waals surface area contributed by atoms with Gasteiger partial charge < -0.3 is 14.6 Å². The summed E-state index contributed by atoms with van der Waals surface area (Å²) in [6.07, 6.45) is 0. The van der Waals surface area contributed by atoms with Crippen LogP contribution < -0.4 is 9.47 Å². The molecule has 0 atom stereocenters. The highest BCUT2D eigenvalue weighted by molar-refractivity contribution is 6.03. The Bertz CT molecular complexity index is 370. The van der Waals surface area contributed by atoms with E-state index in [1.807, 2.05) is 0 Å². The van der Waals surface area contributed by atoms with Gasteiger partial charge in [-0.15, -0.1) is 0 Å². The minimum Gasteiger partial charge on any atom is -0.502 e. The van der Waals surface area contributed by atoms with E-state index < -0.39 is 0 Å². The average Bonchev–Trinajstić information content (AvgIpc) is 2.50. The molecule has 4 heteroatoms. The van der Waals surface area contributed by atoms with Gasteiger partial charge in [-0.3, -0.25) is 4.79 Å². The fraction of sp³-hybridized carbons (Fsp3) is 0.222. The predicted molar refractivity (Wildman–Crippen MR) is 44.5 cm³/mol. The maximum atomic E-state index is 11.1. The molecule has 0 unspecified atom stereocenters. The molecular formula is C9H8O4. The number of phenolic OH excluding ortho intramolecular Hbond substituents is 1. The Kier molecular flexibility index (Phi) is 1.62. The van der Waals surface area contributed by atoms with Gasteiger partial charge in [0.25, 0.3) is 0 Å². The van der Waals surface area contributed by atoms with Crippen LogP contribution in [0.5, 0.6) is 17.2 Å². The lowest BCUT2D eigenvalue weighted by molar-refractivity contribution is 0.0960. The number of fused-ring (bicyclic) bond motifs is 1. The first-order valence-corrected chi connectivity index (χ1v) is 3.80. The van der Waals surface area contributed by atoms with Crippen LogP contribution in [0.4, 0.5) is 0 Å². The van der Waals surface area contributed by atoms with Gasteiger partial charge in [0, 0.05) is 0 Å². The zero-order valence-electron chi connectivity index (χ0n) is 7.03. The van der Waals surface area contributed by atoms with Gasteiger partial charge in [-0.1, -0.05) is 0 Å². The first-order chi connectivity index (χ1) is 6.24. The highest BCUT2D eigenvalue weighted by Crippen LogP contribution is 2.41. The van der Waals surface area contributed by atoms with Crippen LogP contribution in [0.2, 0.25) is 0 Å². The molecule has 0 radical (unpaired) electrons. The van der Waals surface area contributed by atoms with Crippen molar-refractivity contribution in [3.05, 3.63) is 17.7 Å². The molecule has 0 saturated heterocycles. The molecule has 1 aromatic rings. The molecule has 4 nitrogen and oxygen atoms in total. The molecule has 0 saturated carbocycles. The SMILES string of the molecule is COc1ccc2c(c1O)OCC2=O. The summed E-state index contributed by atoms with van der Waals surface area (Å²) in [5, 5.41) is 9.53. The molecule has 1 aliphatic rings. The summed E-state index contributed by atoms with van der Waals surface area (Å²) in [6.45, 7) is -0.00391. The summed E-state index contributed by atoms with van der Waals surface area (Å²) in [7, 11) is 1.44. The fourth-order valence-electron chi connectivity index (χ4n) is 1.30. The van der Waals surface area contributed by atoms with Crippen LogP contribution >= 0.6 is 0 Å². The lowest BCUT2D eigenvalue weighted by Crippen LogP contribution is -1.98. The number of Topliss-reactive ketones (excluding diaryl/α,β-unsaturated/α-hetero) is 1. The van der Waals surface area contributed by atoms with Gasteiger partial charge in [0.15, 0.2) is 18.1 Å². The molecule has 0 amide bonds. The van der Waals surface area contributed by atoms with Crippen molar-refractivity contribution in [2.75, 3.05) is 13.7 Å². The van der Waals surface area contributed by atoms with Crippen LogP contribution in [0.3, 0.4) is 0 Å². The van der Waals surface area contributed by atoms with Crippen molar-refractivity contribution in [3.63, 3.8) is 0 Å². The van der Waals surface area contributed by atoms with Gasteiger partial charge in [-0.05, 0) is 12.1 Å². The Hall–Kier alpha value is -1.71.